The topological polar surface area (TPSA) is 81.7 Å². The molecule has 0 aliphatic heterocycles. The van der Waals surface area contributed by atoms with Crippen molar-refractivity contribution in [3.05, 3.63) is 78.0 Å². The van der Waals surface area contributed by atoms with Crippen molar-refractivity contribution in [2.24, 2.45) is 0 Å². The minimum atomic E-state index is -5.04. The summed E-state index contributed by atoms with van der Waals surface area (Å²) in [4.78, 5) is 16.6. The highest BCUT2D eigenvalue weighted by atomic mass is 19.4. The van der Waals surface area contributed by atoms with Crippen molar-refractivity contribution >= 4 is 28.3 Å². The lowest BCUT2D eigenvalue weighted by atomic mass is 10.1. The number of amides is 2. The molecule has 4 rings (SSSR count). The number of urea groups is 1. The third-order valence-electron chi connectivity index (χ3n) is 5.39. The Labute approximate surface area is 217 Å². The second-order valence-corrected chi connectivity index (χ2v) is 8.03. The summed E-state index contributed by atoms with van der Waals surface area (Å²) in [5, 5.41) is 4.98. The highest BCUT2D eigenvalue weighted by Gasteiger charge is 2.37. The molecule has 3 aromatic carbocycles. The number of carbonyl (C=O) groups is 1. The Morgan fingerprint density at radius 3 is 1.85 bits per heavy atom. The molecule has 7 nitrogen and oxygen atoms in total. The molecule has 0 saturated carbocycles. The average Bonchev–Trinajstić information content (AvgIpc) is 2.88. The van der Waals surface area contributed by atoms with Gasteiger partial charge in [0, 0.05) is 29.0 Å². The van der Waals surface area contributed by atoms with Crippen LogP contribution < -0.4 is 24.8 Å². The number of ether oxygens (including phenoxy) is 3. The van der Waals surface area contributed by atoms with Crippen LogP contribution in [0, 0.1) is 0 Å². The minimum Gasteiger partial charge on any atom is -0.493 e. The maximum absolute atomic E-state index is 13.0. The summed E-state index contributed by atoms with van der Waals surface area (Å²) < 4.78 is 94.8. The summed E-state index contributed by atoms with van der Waals surface area (Å²) in [5.41, 5.74) is -2.98. The number of carbonyl (C=O) groups excluding carboxylic acids is 1. The van der Waals surface area contributed by atoms with E-state index in [1.807, 2.05) is 5.32 Å². The van der Waals surface area contributed by atoms with Crippen LogP contribution in [-0.4, -0.2) is 25.2 Å². The summed E-state index contributed by atoms with van der Waals surface area (Å²) in [6.45, 7) is 0. The van der Waals surface area contributed by atoms with E-state index in [-0.39, 0.29) is 11.8 Å². The van der Waals surface area contributed by atoms with Gasteiger partial charge in [-0.2, -0.15) is 26.3 Å². The number of nitrogens with zero attached hydrogens (tertiary/aromatic N) is 1. The molecular formula is C26H19F6N3O4. The van der Waals surface area contributed by atoms with Gasteiger partial charge in [-0.15, -0.1) is 0 Å². The molecule has 0 atom stereocenters. The zero-order valence-electron chi connectivity index (χ0n) is 20.2. The van der Waals surface area contributed by atoms with E-state index >= 15 is 0 Å². The fourth-order valence-electron chi connectivity index (χ4n) is 3.59. The molecule has 0 aliphatic rings. The number of benzene rings is 3. The molecule has 0 saturated heterocycles. The van der Waals surface area contributed by atoms with Crippen LogP contribution in [-0.2, 0) is 12.4 Å². The minimum absolute atomic E-state index is 0.0274. The van der Waals surface area contributed by atoms with Gasteiger partial charge in [-0.3, -0.25) is 4.98 Å². The van der Waals surface area contributed by atoms with E-state index < -0.39 is 35.2 Å². The van der Waals surface area contributed by atoms with Gasteiger partial charge in [0.05, 0.1) is 30.9 Å². The Balaban J connectivity index is 1.49. The fraction of sp³-hybridized carbons (Fsp3) is 0.154. The number of nitrogens with one attached hydrogen (secondary N) is 2. The number of fused-ring (bicyclic) bond motifs is 1. The Morgan fingerprint density at radius 1 is 0.718 bits per heavy atom. The van der Waals surface area contributed by atoms with E-state index in [0.717, 1.165) is 0 Å². The number of rotatable bonds is 6. The van der Waals surface area contributed by atoms with Gasteiger partial charge < -0.3 is 24.8 Å². The second-order valence-electron chi connectivity index (χ2n) is 8.03. The maximum Gasteiger partial charge on any atom is 0.416 e. The molecule has 2 N–H and O–H groups in total. The zero-order valence-corrected chi connectivity index (χ0v) is 20.2. The van der Waals surface area contributed by atoms with Crippen molar-refractivity contribution in [2.75, 3.05) is 24.9 Å². The van der Waals surface area contributed by atoms with Gasteiger partial charge in [-0.1, -0.05) is 0 Å². The van der Waals surface area contributed by atoms with Crippen molar-refractivity contribution in [1.82, 2.24) is 4.98 Å². The van der Waals surface area contributed by atoms with Gasteiger partial charge in [0.2, 0.25) is 0 Å². The van der Waals surface area contributed by atoms with Crippen LogP contribution in [0.3, 0.4) is 0 Å². The van der Waals surface area contributed by atoms with E-state index in [0.29, 0.717) is 46.0 Å². The standard InChI is InChI=1S/C26H19F6N3O4/c1-37-22-12-19-20(13-23(22)38-2)33-8-7-21(19)39-18-5-3-16(4-6-18)34-24(36)35-17-10-14(25(27,28)29)9-15(11-17)26(30,31)32/h3-13H,1-2H3,(H2,34,35,36). The first kappa shape index (κ1) is 27.4. The first-order valence-corrected chi connectivity index (χ1v) is 11.0. The molecule has 13 heteroatoms. The van der Waals surface area contributed by atoms with Crippen LogP contribution in [0.2, 0.25) is 0 Å². The van der Waals surface area contributed by atoms with Crippen molar-refractivity contribution in [1.29, 1.82) is 0 Å². The molecule has 1 aromatic heterocycles. The van der Waals surface area contributed by atoms with Crippen LogP contribution in [0.25, 0.3) is 10.9 Å². The molecule has 0 spiro atoms. The SMILES string of the molecule is COc1cc2nccc(Oc3ccc(NC(=O)Nc4cc(C(F)(F)F)cc(C(F)(F)F)c4)cc3)c2cc1OC. The van der Waals surface area contributed by atoms with Crippen LogP contribution in [0.5, 0.6) is 23.0 Å². The molecule has 2 amide bonds. The quantitative estimate of drug-likeness (QED) is 0.240. The van der Waals surface area contributed by atoms with E-state index in [1.54, 1.807) is 24.4 Å². The van der Waals surface area contributed by atoms with Crippen molar-refractivity contribution in [2.45, 2.75) is 12.4 Å². The molecule has 0 bridgehead atoms. The number of anilines is 2. The van der Waals surface area contributed by atoms with E-state index in [2.05, 4.69) is 10.3 Å². The highest BCUT2D eigenvalue weighted by Crippen LogP contribution is 2.38. The van der Waals surface area contributed by atoms with Crippen LogP contribution in [0.15, 0.2) is 66.9 Å². The first-order valence-electron chi connectivity index (χ1n) is 11.0. The van der Waals surface area contributed by atoms with Gasteiger partial charge in [0.1, 0.15) is 11.5 Å². The molecule has 4 aromatic rings. The monoisotopic (exact) mass is 551 g/mol. The molecule has 0 aliphatic carbocycles. The third kappa shape index (κ3) is 6.43. The fourth-order valence-corrected chi connectivity index (χ4v) is 3.59. The van der Waals surface area contributed by atoms with E-state index in [4.69, 9.17) is 14.2 Å². The normalized spacial score (nSPS) is 11.7. The molecule has 204 valence electrons. The number of pyridine rings is 1. The second kappa shape index (κ2) is 10.6. The van der Waals surface area contributed by atoms with Gasteiger partial charge in [0.15, 0.2) is 11.5 Å². The largest absolute Gasteiger partial charge is 0.493 e. The van der Waals surface area contributed by atoms with Crippen molar-refractivity contribution < 1.29 is 45.3 Å². The third-order valence-corrected chi connectivity index (χ3v) is 5.39. The zero-order chi connectivity index (χ0) is 28.4. The number of hydrogen-bond acceptors (Lipinski definition) is 5. The lowest BCUT2D eigenvalue weighted by Crippen LogP contribution is -2.20. The lowest BCUT2D eigenvalue weighted by molar-refractivity contribution is -0.143. The predicted molar refractivity (Wildman–Crippen MR) is 130 cm³/mol. The summed E-state index contributed by atoms with van der Waals surface area (Å²) in [7, 11) is 2.99. The van der Waals surface area contributed by atoms with Crippen molar-refractivity contribution in [3.63, 3.8) is 0 Å². The number of methoxy groups -OCH3 is 2. The molecule has 39 heavy (non-hydrogen) atoms. The number of hydrogen-bond donors (Lipinski definition) is 2. The molecule has 0 fully saturated rings. The van der Waals surface area contributed by atoms with Crippen LogP contribution in [0.4, 0.5) is 42.5 Å². The highest BCUT2D eigenvalue weighted by molar-refractivity contribution is 6.00. The summed E-state index contributed by atoms with van der Waals surface area (Å²) in [6, 6.07) is 10.7. The smallest absolute Gasteiger partial charge is 0.416 e. The maximum atomic E-state index is 13.0. The summed E-state index contributed by atoms with van der Waals surface area (Å²) in [5.74, 6) is 1.78. The Kier molecular flexibility index (Phi) is 7.43. The first-order chi connectivity index (χ1) is 18.4. The van der Waals surface area contributed by atoms with Gasteiger partial charge in [0.25, 0.3) is 0 Å². The summed E-state index contributed by atoms with van der Waals surface area (Å²) >= 11 is 0. The van der Waals surface area contributed by atoms with Gasteiger partial charge in [-0.25, -0.2) is 4.79 Å². The Morgan fingerprint density at radius 2 is 1.28 bits per heavy atom. The van der Waals surface area contributed by atoms with Gasteiger partial charge in [-0.05, 0) is 54.6 Å². The van der Waals surface area contributed by atoms with Crippen LogP contribution >= 0.6 is 0 Å². The molecule has 0 radical (unpaired) electrons. The van der Waals surface area contributed by atoms with E-state index in [1.165, 1.54) is 38.5 Å². The number of alkyl halides is 6. The number of aromatic nitrogens is 1. The van der Waals surface area contributed by atoms with Crippen molar-refractivity contribution in [3.8, 4) is 23.0 Å². The average molecular weight is 551 g/mol. The lowest BCUT2D eigenvalue weighted by Gasteiger charge is -2.15. The molecular weight excluding hydrogens is 532 g/mol. The van der Waals surface area contributed by atoms with Crippen LogP contribution in [0.1, 0.15) is 11.1 Å². The van der Waals surface area contributed by atoms with E-state index in [9.17, 15) is 31.1 Å². The Hall–Kier alpha value is -4.68. The van der Waals surface area contributed by atoms with Gasteiger partial charge >= 0.3 is 18.4 Å². The predicted octanol–water partition coefficient (Wildman–Crippen LogP) is 7.73. The Bertz CT molecular complexity index is 1470. The molecule has 1 heterocycles. The number of halogens is 6. The molecule has 0 unspecified atom stereocenters. The summed E-state index contributed by atoms with van der Waals surface area (Å²) in [6.07, 6.45) is -8.54.